The van der Waals surface area contributed by atoms with E-state index in [2.05, 4.69) is 5.43 Å². The Balaban J connectivity index is 2.48. The Labute approximate surface area is 103 Å². The predicted octanol–water partition coefficient (Wildman–Crippen LogP) is 2.17. The molecule has 0 radical (unpaired) electrons. The first-order chi connectivity index (χ1) is 8.09. The lowest BCUT2D eigenvalue weighted by Gasteiger charge is -2.11. The van der Waals surface area contributed by atoms with Crippen LogP contribution < -0.4 is 5.43 Å². The highest BCUT2D eigenvalue weighted by atomic mass is 32.1. The fourth-order valence-electron chi connectivity index (χ4n) is 1.68. The molecule has 1 aromatic heterocycles. The van der Waals surface area contributed by atoms with Gasteiger partial charge in [0.05, 0.1) is 0 Å². The molecule has 17 heavy (non-hydrogen) atoms. The first kappa shape index (κ1) is 12.0. The molecule has 5 heteroatoms. The van der Waals surface area contributed by atoms with Crippen LogP contribution in [0.1, 0.15) is 15.2 Å². The average Bonchev–Trinajstić information content (AvgIpc) is 2.65. The van der Waals surface area contributed by atoms with Crippen molar-refractivity contribution in [3.05, 3.63) is 34.7 Å². The molecular formula is C12H14N2O2S. The average molecular weight is 250 g/mol. The van der Waals surface area contributed by atoms with Crippen LogP contribution in [0, 0.1) is 0 Å². The van der Waals surface area contributed by atoms with Gasteiger partial charge in [-0.3, -0.25) is 10.4 Å². The minimum atomic E-state index is -0.859. The van der Waals surface area contributed by atoms with Crippen molar-refractivity contribution >= 4 is 27.4 Å². The lowest BCUT2D eigenvalue weighted by molar-refractivity contribution is 0.0700. The molecule has 0 aliphatic carbocycles. The van der Waals surface area contributed by atoms with Crippen molar-refractivity contribution in [1.82, 2.24) is 10.4 Å². The summed E-state index contributed by atoms with van der Waals surface area (Å²) < 4.78 is 1.01. The second-order valence-corrected chi connectivity index (χ2v) is 4.99. The number of benzene rings is 1. The molecule has 1 heterocycles. The minimum absolute atomic E-state index is 0.417. The topological polar surface area (TPSA) is 52.6 Å². The summed E-state index contributed by atoms with van der Waals surface area (Å²) in [6.45, 7) is 0.526. The first-order valence-corrected chi connectivity index (χ1v) is 6.05. The highest BCUT2D eigenvalue weighted by molar-refractivity contribution is 7.21. The summed E-state index contributed by atoms with van der Waals surface area (Å²) in [5.41, 5.74) is 3.97. The van der Waals surface area contributed by atoms with Crippen molar-refractivity contribution in [3.8, 4) is 0 Å². The number of carboxylic acid groups (broad SMARTS) is 1. The van der Waals surface area contributed by atoms with Gasteiger partial charge in [0.15, 0.2) is 0 Å². The molecule has 0 saturated heterocycles. The van der Waals surface area contributed by atoms with Crippen molar-refractivity contribution in [1.29, 1.82) is 0 Å². The van der Waals surface area contributed by atoms with Gasteiger partial charge < -0.3 is 5.11 Å². The smallest absolute Gasteiger partial charge is 0.346 e. The van der Waals surface area contributed by atoms with Crippen molar-refractivity contribution < 1.29 is 9.90 Å². The van der Waals surface area contributed by atoms with E-state index in [0.717, 1.165) is 15.6 Å². The molecule has 0 fully saturated rings. The van der Waals surface area contributed by atoms with Gasteiger partial charge in [-0.15, -0.1) is 11.3 Å². The van der Waals surface area contributed by atoms with Gasteiger partial charge in [-0.05, 0) is 11.5 Å². The molecule has 2 N–H and O–H groups in total. The van der Waals surface area contributed by atoms with Crippen molar-refractivity contribution in [2.24, 2.45) is 0 Å². The van der Waals surface area contributed by atoms with E-state index in [1.807, 2.05) is 43.4 Å². The maximum atomic E-state index is 11.2. The molecule has 2 rings (SSSR count). The summed E-state index contributed by atoms with van der Waals surface area (Å²) in [7, 11) is 3.77. The van der Waals surface area contributed by atoms with Gasteiger partial charge in [0.2, 0.25) is 0 Å². The molecule has 2 aromatic rings. The number of nitrogens with one attached hydrogen (secondary N) is 1. The van der Waals surface area contributed by atoms with Crippen molar-refractivity contribution in [2.75, 3.05) is 14.1 Å². The van der Waals surface area contributed by atoms with Crippen LogP contribution in [0.4, 0.5) is 0 Å². The van der Waals surface area contributed by atoms with Crippen LogP contribution in [0.3, 0.4) is 0 Å². The van der Waals surface area contributed by atoms with Crippen LogP contribution in [0.2, 0.25) is 0 Å². The van der Waals surface area contributed by atoms with Crippen LogP contribution in [-0.4, -0.2) is 30.2 Å². The lowest BCUT2D eigenvalue weighted by atomic mass is 10.1. The molecule has 90 valence electrons. The molecule has 0 amide bonds. The quantitative estimate of drug-likeness (QED) is 0.817. The molecule has 0 atom stereocenters. The number of carboxylic acids is 1. The van der Waals surface area contributed by atoms with Crippen LogP contribution in [0.15, 0.2) is 24.3 Å². The third kappa shape index (κ3) is 2.46. The third-order valence-corrected chi connectivity index (χ3v) is 3.67. The zero-order chi connectivity index (χ0) is 12.4. The summed E-state index contributed by atoms with van der Waals surface area (Å²) in [4.78, 5) is 11.6. The third-order valence-electron chi connectivity index (χ3n) is 2.46. The van der Waals surface area contributed by atoms with Gasteiger partial charge in [-0.25, -0.2) is 4.79 Å². The monoisotopic (exact) mass is 250 g/mol. The van der Waals surface area contributed by atoms with Gasteiger partial charge in [0.25, 0.3) is 0 Å². The summed E-state index contributed by atoms with van der Waals surface area (Å²) in [5.74, 6) is -0.859. The van der Waals surface area contributed by atoms with Crippen LogP contribution in [-0.2, 0) is 6.54 Å². The molecule has 0 unspecified atom stereocenters. The van der Waals surface area contributed by atoms with E-state index < -0.39 is 5.97 Å². The maximum absolute atomic E-state index is 11.2. The van der Waals surface area contributed by atoms with Crippen LogP contribution in [0.25, 0.3) is 10.1 Å². The van der Waals surface area contributed by atoms with Gasteiger partial charge in [-0.1, -0.05) is 18.2 Å². The van der Waals surface area contributed by atoms with E-state index in [9.17, 15) is 9.90 Å². The largest absolute Gasteiger partial charge is 0.477 e. The molecule has 0 bridgehead atoms. The van der Waals surface area contributed by atoms with Crippen LogP contribution >= 0.6 is 11.3 Å². The normalized spacial score (nSPS) is 11.2. The van der Waals surface area contributed by atoms with E-state index in [4.69, 9.17) is 0 Å². The molecule has 0 aliphatic rings. The summed E-state index contributed by atoms with van der Waals surface area (Å²) in [5, 5.41) is 12.0. The fraction of sp³-hybridized carbons (Fsp3) is 0.250. The summed E-state index contributed by atoms with van der Waals surface area (Å²) in [6.07, 6.45) is 0. The standard InChI is InChI=1S/C12H14N2O2S/c1-14(2)13-7-9-8-5-3-4-6-10(8)17-11(9)12(15)16/h3-6,13H,7H2,1-2H3,(H,15,16). The van der Waals surface area contributed by atoms with E-state index in [-0.39, 0.29) is 0 Å². The number of hydrogen-bond acceptors (Lipinski definition) is 4. The van der Waals surface area contributed by atoms with Gasteiger partial charge in [-0.2, -0.15) is 0 Å². The Morgan fingerprint density at radius 2 is 2.12 bits per heavy atom. The summed E-state index contributed by atoms with van der Waals surface area (Å²) >= 11 is 1.33. The van der Waals surface area contributed by atoms with E-state index in [1.54, 1.807) is 0 Å². The number of rotatable bonds is 4. The molecule has 0 saturated carbocycles. The number of thiophene rings is 1. The Kier molecular flexibility index (Phi) is 3.42. The highest BCUT2D eigenvalue weighted by Crippen LogP contribution is 2.31. The van der Waals surface area contributed by atoms with Gasteiger partial charge in [0, 0.05) is 30.9 Å². The van der Waals surface area contributed by atoms with Crippen molar-refractivity contribution in [3.63, 3.8) is 0 Å². The molecule has 4 nitrogen and oxygen atoms in total. The second-order valence-electron chi connectivity index (χ2n) is 3.94. The maximum Gasteiger partial charge on any atom is 0.346 e. The van der Waals surface area contributed by atoms with E-state index in [1.165, 1.54) is 11.3 Å². The fourth-order valence-corrected chi connectivity index (χ4v) is 2.74. The number of hydrazine groups is 1. The highest BCUT2D eigenvalue weighted by Gasteiger charge is 2.16. The molecular weight excluding hydrogens is 236 g/mol. The Hall–Kier alpha value is -1.43. The minimum Gasteiger partial charge on any atom is -0.477 e. The molecule has 0 spiro atoms. The van der Waals surface area contributed by atoms with E-state index >= 15 is 0 Å². The van der Waals surface area contributed by atoms with E-state index in [0.29, 0.717) is 11.4 Å². The zero-order valence-electron chi connectivity index (χ0n) is 9.73. The Bertz CT molecular complexity index is 548. The van der Waals surface area contributed by atoms with Crippen molar-refractivity contribution in [2.45, 2.75) is 6.54 Å². The number of aromatic carboxylic acids is 1. The number of fused-ring (bicyclic) bond motifs is 1. The first-order valence-electron chi connectivity index (χ1n) is 5.24. The number of nitrogens with zero attached hydrogens (tertiary/aromatic N) is 1. The lowest BCUT2D eigenvalue weighted by Crippen LogP contribution is -2.30. The predicted molar refractivity (Wildman–Crippen MR) is 69.3 cm³/mol. The van der Waals surface area contributed by atoms with Gasteiger partial charge >= 0.3 is 5.97 Å². The zero-order valence-corrected chi connectivity index (χ0v) is 10.5. The van der Waals surface area contributed by atoms with Gasteiger partial charge in [0.1, 0.15) is 4.88 Å². The number of hydrogen-bond donors (Lipinski definition) is 2. The molecule has 0 aliphatic heterocycles. The Morgan fingerprint density at radius 3 is 2.76 bits per heavy atom. The van der Waals surface area contributed by atoms with Crippen LogP contribution in [0.5, 0.6) is 0 Å². The second kappa shape index (κ2) is 4.83. The SMILES string of the molecule is CN(C)NCc1c(C(=O)O)sc2ccccc12. The summed E-state index contributed by atoms with van der Waals surface area (Å²) in [6, 6.07) is 7.77. The number of carbonyl (C=O) groups is 1. The molecule has 1 aromatic carbocycles. The Morgan fingerprint density at radius 1 is 1.41 bits per heavy atom.